The third-order valence-corrected chi connectivity index (χ3v) is 7.02. The first kappa shape index (κ1) is 23.7. The van der Waals surface area contributed by atoms with Crippen molar-refractivity contribution in [3.05, 3.63) is 95.6 Å². The summed E-state index contributed by atoms with van der Waals surface area (Å²) in [6.07, 6.45) is 0. The third kappa shape index (κ3) is 6.09. The van der Waals surface area contributed by atoms with Crippen molar-refractivity contribution in [3.8, 4) is 0 Å². The monoisotopic (exact) mass is 488 g/mol. The summed E-state index contributed by atoms with van der Waals surface area (Å²) in [7, 11) is 0. The summed E-state index contributed by atoms with van der Waals surface area (Å²) in [5.74, 6) is 0.289. The summed E-state index contributed by atoms with van der Waals surface area (Å²) in [4.78, 5) is 25.4. The Morgan fingerprint density at radius 3 is 2.35 bits per heavy atom. The Balaban J connectivity index is 1.34. The molecule has 0 fully saturated rings. The van der Waals surface area contributed by atoms with Crippen molar-refractivity contribution < 1.29 is 9.59 Å². The second-order valence-electron chi connectivity index (χ2n) is 7.85. The van der Waals surface area contributed by atoms with E-state index in [0.29, 0.717) is 32.2 Å². The van der Waals surface area contributed by atoms with Crippen LogP contribution in [0.1, 0.15) is 41.3 Å². The fraction of sp³-hybridized carbons (Fsp3) is 0.154. The molecule has 0 unspecified atom stereocenters. The van der Waals surface area contributed by atoms with Gasteiger partial charge in [0.2, 0.25) is 11.0 Å². The zero-order valence-corrected chi connectivity index (χ0v) is 20.5. The van der Waals surface area contributed by atoms with Gasteiger partial charge in [-0.1, -0.05) is 91.5 Å². The smallest absolute Gasteiger partial charge is 0.234 e. The molecule has 0 aliphatic rings. The van der Waals surface area contributed by atoms with E-state index < -0.39 is 0 Å². The second kappa shape index (κ2) is 11.1. The van der Waals surface area contributed by atoms with E-state index in [-0.39, 0.29) is 17.4 Å². The third-order valence-electron chi connectivity index (χ3n) is 5.04. The molecule has 1 aromatic heterocycles. The molecule has 34 heavy (non-hydrogen) atoms. The maximum Gasteiger partial charge on any atom is 0.234 e. The molecule has 0 aliphatic carbocycles. The molecule has 1 amide bonds. The fourth-order valence-electron chi connectivity index (χ4n) is 3.24. The number of rotatable bonds is 9. The van der Waals surface area contributed by atoms with Gasteiger partial charge in [-0.3, -0.25) is 9.59 Å². The molecule has 6 nitrogen and oxygen atoms in total. The van der Waals surface area contributed by atoms with Gasteiger partial charge in [0, 0.05) is 16.8 Å². The Hall–Kier alpha value is -3.49. The Morgan fingerprint density at radius 1 is 0.912 bits per heavy atom. The van der Waals surface area contributed by atoms with Gasteiger partial charge in [-0.2, -0.15) is 0 Å². The zero-order valence-electron chi connectivity index (χ0n) is 18.8. The number of hydrogen-bond acceptors (Lipinski definition) is 7. The predicted molar refractivity (Wildman–Crippen MR) is 139 cm³/mol. The van der Waals surface area contributed by atoms with Crippen LogP contribution in [0.2, 0.25) is 0 Å². The van der Waals surface area contributed by atoms with Gasteiger partial charge in [0.15, 0.2) is 10.1 Å². The maximum atomic E-state index is 12.9. The van der Waals surface area contributed by atoms with Crippen LogP contribution < -0.4 is 10.6 Å². The molecule has 3 aromatic carbocycles. The van der Waals surface area contributed by atoms with E-state index in [0.717, 1.165) is 5.69 Å². The van der Waals surface area contributed by atoms with Crippen LogP contribution in [0.15, 0.2) is 83.2 Å². The number of aromatic nitrogens is 2. The normalized spacial score (nSPS) is 10.8. The highest BCUT2D eigenvalue weighted by atomic mass is 32.2. The molecule has 0 bridgehead atoms. The van der Waals surface area contributed by atoms with Gasteiger partial charge in [0.25, 0.3) is 0 Å². The van der Waals surface area contributed by atoms with E-state index in [1.807, 2.05) is 30.3 Å². The van der Waals surface area contributed by atoms with Gasteiger partial charge in [-0.25, -0.2) is 0 Å². The zero-order chi connectivity index (χ0) is 23.9. The van der Waals surface area contributed by atoms with E-state index in [1.54, 1.807) is 36.4 Å². The summed E-state index contributed by atoms with van der Waals surface area (Å²) < 4.78 is 0.685. The molecular formula is C26H24N4O2S2. The first-order chi connectivity index (χ1) is 16.5. The molecule has 0 spiro atoms. The maximum absolute atomic E-state index is 12.9. The Labute approximate surface area is 206 Å². The topological polar surface area (TPSA) is 84.0 Å². The van der Waals surface area contributed by atoms with Crippen LogP contribution in [0.25, 0.3) is 0 Å². The number of anilines is 3. The van der Waals surface area contributed by atoms with Crippen molar-refractivity contribution in [2.75, 3.05) is 16.4 Å². The molecule has 0 aliphatic heterocycles. The number of carbonyl (C=O) groups is 2. The highest BCUT2D eigenvalue weighted by molar-refractivity contribution is 8.01. The minimum absolute atomic E-state index is 0.134. The number of ketones is 1. The number of hydrogen-bond donors (Lipinski definition) is 2. The quantitative estimate of drug-likeness (QED) is 0.210. The van der Waals surface area contributed by atoms with Crippen LogP contribution in [0.5, 0.6) is 0 Å². The Bertz CT molecular complexity index is 1270. The number of carbonyl (C=O) groups excluding carboxylic acids is 2. The lowest BCUT2D eigenvalue weighted by Crippen LogP contribution is -2.16. The second-order valence-corrected chi connectivity index (χ2v) is 10.1. The molecule has 0 atom stereocenters. The van der Waals surface area contributed by atoms with Gasteiger partial charge in [0.1, 0.15) is 0 Å². The number of thioether (sulfide) groups is 1. The highest BCUT2D eigenvalue weighted by Crippen LogP contribution is 2.28. The summed E-state index contributed by atoms with van der Waals surface area (Å²) in [6, 6.07) is 24.3. The lowest BCUT2D eigenvalue weighted by molar-refractivity contribution is -0.113. The molecule has 0 saturated carbocycles. The van der Waals surface area contributed by atoms with E-state index in [9.17, 15) is 9.59 Å². The van der Waals surface area contributed by atoms with Gasteiger partial charge in [-0.05, 0) is 35.7 Å². The van der Waals surface area contributed by atoms with Crippen molar-refractivity contribution in [2.45, 2.75) is 24.1 Å². The average molecular weight is 489 g/mol. The predicted octanol–water partition coefficient (Wildman–Crippen LogP) is 6.37. The lowest BCUT2D eigenvalue weighted by atomic mass is 10.0. The molecule has 172 valence electrons. The van der Waals surface area contributed by atoms with Gasteiger partial charge in [0.05, 0.1) is 11.4 Å². The van der Waals surface area contributed by atoms with Crippen molar-refractivity contribution in [3.63, 3.8) is 0 Å². The molecule has 0 saturated heterocycles. The number of amides is 1. The number of nitrogens with zero attached hydrogens (tertiary/aromatic N) is 2. The lowest BCUT2D eigenvalue weighted by Gasteiger charge is -2.10. The van der Waals surface area contributed by atoms with Crippen LogP contribution in [0, 0.1) is 0 Å². The summed E-state index contributed by atoms with van der Waals surface area (Å²) in [5, 5.41) is 15.1. The first-order valence-electron chi connectivity index (χ1n) is 10.8. The van der Waals surface area contributed by atoms with Crippen LogP contribution in [-0.4, -0.2) is 27.6 Å². The minimum Gasteiger partial charge on any atom is -0.330 e. The van der Waals surface area contributed by atoms with E-state index in [1.165, 1.54) is 28.7 Å². The average Bonchev–Trinajstić information content (AvgIpc) is 3.31. The van der Waals surface area contributed by atoms with E-state index in [2.05, 4.69) is 46.8 Å². The standard InChI is InChI=1S/C26H24N4O2S2/c1-17(2)18-12-14-20(15-13-18)27-25-29-30-26(34-25)33-16-23(31)28-22-11-7-6-10-21(22)24(32)19-8-4-3-5-9-19/h3-15,17H,16H2,1-2H3,(H,27,29)(H,28,31). The summed E-state index contributed by atoms with van der Waals surface area (Å²) >= 11 is 2.69. The molecule has 4 aromatic rings. The molecule has 8 heteroatoms. The van der Waals surface area contributed by atoms with Crippen LogP contribution in [0.3, 0.4) is 0 Å². The fourth-order valence-corrected chi connectivity index (χ4v) is 4.81. The first-order valence-corrected chi connectivity index (χ1v) is 12.6. The van der Waals surface area contributed by atoms with Gasteiger partial charge in [-0.15, -0.1) is 10.2 Å². The van der Waals surface area contributed by atoms with Crippen LogP contribution in [-0.2, 0) is 4.79 Å². The summed E-state index contributed by atoms with van der Waals surface area (Å²) in [5.41, 5.74) is 3.74. The highest BCUT2D eigenvalue weighted by Gasteiger charge is 2.15. The van der Waals surface area contributed by atoms with Crippen molar-refractivity contribution >= 4 is 51.3 Å². The van der Waals surface area contributed by atoms with E-state index in [4.69, 9.17) is 0 Å². The number of benzene rings is 3. The Kier molecular flexibility index (Phi) is 7.72. The molecular weight excluding hydrogens is 464 g/mol. The van der Waals surface area contributed by atoms with Gasteiger partial charge >= 0.3 is 0 Å². The summed E-state index contributed by atoms with van der Waals surface area (Å²) in [6.45, 7) is 4.32. The van der Waals surface area contributed by atoms with Crippen LogP contribution in [0.4, 0.5) is 16.5 Å². The minimum atomic E-state index is -0.215. The molecule has 2 N–H and O–H groups in total. The molecule has 0 radical (unpaired) electrons. The van der Waals surface area contributed by atoms with E-state index >= 15 is 0 Å². The number of para-hydroxylation sites is 1. The van der Waals surface area contributed by atoms with Crippen molar-refractivity contribution in [1.29, 1.82) is 0 Å². The largest absolute Gasteiger partial charge is 0.330 e. The molecule has 1 heterocycles. The van der Waals surface area contributed by atoms with Crippen molar-refractivity contribution in [1.82, 2.24) is 10.2 Å². The SMILES string of the molecule is CC(C)c1ccc(Nc2nnc(SCC(=O)Nc3ccccc3C(=O)c3ccccc3)s2)cc1. The molecule has 4 rings (SSSR count). The van der Waals surface area contributed by atoms with Gasteiger partial charge < -0.3 is 10.6 Å². The number of nitrogens with one attached hydrogen (secondary N) is 2. The van der Waals surface area contributed by atoms with Crippen LogP contribution >= 0.6 is 23.1 Å². The Morgan fingerprint density at radius 2 is 1.62 bits per heavy atom. The van der Waals surface area contributed by atoms with Crippen molar-refractivity contribution in [2.24, 2.45) is 0 Å².